The Bertz CT molecular complexity index is 1390. The summed E-state index contributed by atoms with van der Waals surface area (Å²) in [4.78, 5) is 4.06. The summed E-state index contributed by atoms with van der Waals surface area (Å²) >= 11 is 0. The summed E-state index contributed by atoms with van der Waals surface area (Å²) in [6, 6.07) is 13.4. The van der Waals surface area contributed by atoms with E-state index in [-0.39, 0.29) is 11.3 Å². The van der Waals surface area contributed by atoms with Crippen molar-refractivity contribution in [2.75, 3.05) is 0 Å². The molecule has 0 aliphatic heterocycles. The van der Waals surface area contributed by atoms with Crippen LogP contribution in [0.25, 0.3) is 22.2 Å². The molecule has 5 nitrogen and oxygen atoms in total. The molecule has 0 spiro atoms. The standard InChI is InChI=1S/C22H14F5N5/c23-21(24,15-6-7-17-13(11-15)4-2-10-30-17)20(29)32-19(28)9-8-18(31-32)14-3-1-5-16(12-14)22(25,26)27/h1-12,28-29H. The van der Waals surface area contributed by atoms with Gasteiger partial charge in [0.2, 0.25) is 0 Å². The molecule has 10 heteroatoms. The number of nitrogens with one attached hydrogen (secondary N) is 2. The van der Waals surface area contributed by atoms with Gasteiger partial charge < -0.3 is 0 Å². The number of nitrogens with zero attached hydrogens (tertiary/aromatic N) is 3. The molecular formula is C22H14F5N5. The second-order valence-electron chi connectivity index (χ2n) is 6.93. The van der Waals surface area contributed by atoms with Crippen molar-refractivity contribution in [3.63, 3.8) is 0 Å². The Labute approximate surface area is 177 Å². The lowest BCUT2D eigenvalue weighted by atomic mass is 10.0. The maximum Gasteiger partial charge on any atom is 0.416 e. The Kier molecular flexibility index (Phi) is 5.08. The first-order valence-electron chi connectivity index (χ1n) is 9.22. The molecular weight excluding hydrogens is 429 g/mol. The van der Waals surface area contributed by atoms with Crippen LogP contribution < -0.4 is 5.49 Å². The number of aromatic nitrogens is 3. The van der Waals surface area contributed by atoms with Gasteiger partial charge in [-0.3, -0.25) is 15.8 Å². The largest absolute Gasteiger partial charge is 0.416 e. The Hall–Kier alpha value is -3.95. The Morgan fingerprint density at radius 3 is 2.38 bits per heavy atom. The van der Waals surface area contributed by atoms with Crippen LogP contribution in [0.15, 0.2) is 72.9 Å². The average molecular weight is 443 g/mol. The number of halogens is 5. The van der Waals surface area contributed by atoms with Gasteiger partial charge in [0, 0.05) is 22.7 Å². The third-order valence-electron chi connectivity index (χ3n) is 4.80. The Balaban J connectivity index is 1.76. The van der Waals surface area contributed by atoms with Gasteiger partial charge in [0.15, 0.2) is 5.84 Å². The molecule has 4 rings (SSSR count). The van der Waals surface area contributed by atoms with Gasteiger partial charge in [0.05, 0.1) is 16.8 Å². The van der Waals surface area contributed by atoms with Gasteiger partial charge in [-0.1, -0.05) is 24.3 Å². The minimum Gasteiger partial charge on any atom is -0.283 e. The first-order valence-corrected chi connectivity index (χ1v) is 9.22. The zero-order valence-electron chi connectivity index (χ0n) is 16.2. The first-order chi connectivity index (χ1) is 15.1. The van der Waals surface area contributed by atoms with Crippen LogP contribution in [0.2, 0.25) is 0 Å². The number of hydrogen-bond donors (Lipinski definition) is 2. The minimum absolute atomic E-state index is 0.0153. The van der Waals surface area contributed by atoms with Crippen LogP contribution in [0.5, 0.6) is 0 Å². The van der Waals surface area contributed by atoms with Crippen molar-refractivity contribution in [2.45, 2.75) is 12.1 Å². The van der Waals surface area contributed by atoms with Crippen LogP contribution in [0.3, 0.4) is 0 Å². The first kappa shape index (κ1) is 21.3. The van der Waals surface area contributed by atoms with E-state index in [2.05, 4.69) is 10.1 Å². The van der Waals surface area contributed by atoms with Crippen molar-refractivity contribution < 1.29 is 22.0 Å². The number of hydrogen-bond acceptors (Lipinski definition) is 4. The predicted molar refractivity (Wildman–Crippen MR) is 107 cm³/mol. The van der Waals surface area contributed by atoms with E-state index in [0.29, 0.717) is 15.6 Å². The third kappa shape index (κ3) is 3.86. The molecule has 0 aliphatic rings. The maximum absolute atomic E-state index is 15.2. The van der Waals surface area contributed by atoms with Crippen LogP contribution in [0.4, 0.5) is 22.0 Å². The van der Waals surface area contributed by atoms with Crippen molar-refractivity contribution in [2.24, 2.45) is 0 Å². The monoisotopic (exact) mass is 443 g/mol. The van der Waals surface area contributed by atoms with Crippen LogP contribution in [-0.4, -0.2) is 20.6 Å². The van der Waals surface area contributed by atoms with E-state index in [4.69, 9.17) is 10.8 Å². The summed E-state index contributed by atoms with van der Waals surface area (Å²) in [5.74, 6) is -5.14. The summed E-state index contributed by atoms with van der Waals surface area (Å²) in [6.45, 7) is 0. The van der Waals surface area contributed by atoms with Crippen molar-refractivity contribution in [1.29, 1.82) is 10.8 Å². The molecule has 32 heavy (non-hydrogen) atoms. The molecule has 0 atom stereocenters. The Morgan fingerprint density at radius 1 is 0.844 bits per heavy atom. The molecule has 0 saturated heterocycles. The van der Waals surface area contributed by atoms with E-state index in [0.717, 1.165) is 24.3 Å². The summed E-state index contributed by atoms with van der Waals surface area (Å²) in [5, 5.41) is 20.3. The van der Waals surface area contributed by atoms with Gasteiger partial charge in [-0.05, 0) is 42.5 Å². The highest BCUT2D eigenvalue weighted by molar-refractivity contribution is 5.90. The average Bonchev–Trinajstić information content (AvgIpc) is 2.78. The highest BCUT2D eigenvalue weighted by Crippen LogP contribution is 2.33. The quantitative estimate of drug-likeness (QED) is 0.259. The summed E-state index contributed by atoms with van der Waals surface area (Å²) in [7, 11) is 0. The van der Waals surface area contributed by atoms with Gasteiger partial charge in [-0.15, -0.1) is 0 Å². The maximum atomic E-state index is 15.2. The van der Waals surface area contributed by atoms with Gasteiger partial charge >= 0.3 is 12.1 Å². The van der Waals surface area contributed by atoms with Gasteiger partial charge in [-0.25, -0.2) is 0 Å². The summed E-state index contributed by atoms with van der Waals surface area (Å²) in [6.07, 6.45) is -3.07. The van der Waals surface area contributed by atoms with E-state index in [1.54, 1.807) is 12.1 Å². The van der Waals surface area contributed by atoms with E-state index in [9.17, 15) is 13.2 Å². The smallest absolute Gasteiger partial charge is 0.283 e. The molecule has 0 unspecified atom stereocenters. The molecule has 162 valence electrons. The van der Waals surface area contributed by atoms with Crippen LogP contribution >= 0.6 is 0 Å². The zero-order valence-corrected chi connectivity index (χ0v) is 16.2. The SMILES string of the molecule is N=C(n1nc(-c2cccc(C(F)(F)F)c2)ccc1=N)C(F)(F)c1ccc2ncccc2c1. The van der Waals surface area contributed by atoms with Crippen LogP contribution in [-0.2, 0) is 12.1 Å². The molecule has 0 saturated carbocycles. The lowest BCUT2D eigenvalue weighted by Gasteiger charge is -2.20. The molecule has 2 aromatic carbocycles. The number of rotatable bonds is 3. The molecule has 0 radical (unpaired) electrons. The highest BCUT2D eigenvalue weighted by Gasteiger charge is 2.39. The third-order valence-corrected chi connectivity index (χ3v) is 4.80. The van der Waals surface area contributed by atoms with E-state index < -0.39 is 34.5 Å². The topological polar surface area (TPSA) is 78.4 Å². The number of alkyl halides is 5. The lowest BCUT2D eigenvalue weighted by molar-refractivity contribution is -0.137. The molecule has 4 aromatic rings. The summed E-state index contributed by atoms with van der Waals surface area (Å²) in [5.41, 5.74) is -1.52. The molecule has 0 amide bonds. The molecule has 0 aliphatic carbocycles. The molecule has 0 bridgehead atoms. The predicted octanol–water partition coefficient (Wildman–Crippen LogP) is 5.21. The van der Waals surface area contributed by atoms with E-state index >= 15 is 8.78 Å². The molecule has 2 N–H and O–H groups in total. The minimum atomic E-state index is -4.59. The number of benzene rings is 2. The van der Waals surface area contributed by atoms with Crippen molar-refractivity contribution in [1.82, 2.24) is 14.8 Å². The van der Waals surface area contributed by atoms with Gasteiger partial charge in [0.25, 0.3) is 0 Å². The summed E-state index contributed by atoms with van der Waals surface area (Å²) < 4.78 is 69.8. The van der Waals surface area contributed by atoms with Crippen LogP contribution in [0, 0.1) is 10.8 Å². The fraction of sp³-hybridized carbons (Fsp3) is 0.0909. The van der Waals surface area contributed by atoms with Crippen LogP contribution in [0.1, 0.15) is 11.1 Å². The second kappa shape index (κ2) is 7.63. The second-order valence-corrected chi connectivity index (χ2v) is 6.93. The fourth-order valence-corrected chi connectivity index (χ4v) is 3.14. The van der Waals surface area contributed by atoms with Gasteiger partial charge in [-0.2, -0.15) is 31.7 Å². The fourth-order valence-electron chi connectivity index (χ4n) is 3.14. The van der Waals surface area contributed by atoms with E-state index in [1.807, 2.05) is 0 Å². The van der Waals surface area contributed by atoms with Crippen molar-refractivity contribution in [3.05, 3.63) is 89.5 Å². The van der Waals surface area contributed by atoms with Crippen molar-refractivity contribution >= 4 is 16.7 Å². The molecule has 0 fully saturated rings. The van der Waals surface area contributed by atoms with Gasteiger partial charge in [0.1, 0.15) is 5.49 Å². The lowest BCUT2D eigenvalue weighted by Crippen LogP contribution is -2.39. The molecule has 2 heterocycles. The normalized spacial score (nSPS) is 12.2. The zero-order chi connectivity index (χ0) is 23.1. The Morgan fingerprint density at radius 2 is 1.62 bits per heavy atom. The highest BCUT2D eigenvalue weighted by atomic mass is 19.4. The number of fused-ring (bicyclic) bond motifs is 1. The van der Waals surface area contributed by atoms with E-state index in [1.165, 1.54) is 36.5 Å². The van der Waals surface area contributed by atoms with Crippen molar-refractivity contribution in [3.8, 4) is 11.3 Å². The molecule has 2 aromatic heterocycles. The number of pyridine rings is 1.